The molecule has 12 heteroatoms. The van der Waals surface area contributed by atoms with E-state index in [1.807, 2.05) is 0 Å². The van der Waals surface area contributed by atoms with Crippen LogP contribution in [0.4, 0.5) is 18.9 Å². The number of benzene rings is 1. The molecule has 0 atom stereocenters. The molecular formula is C22H18F3N5O4. The van der Waals surface area contributed by atoms with E-state index in [1.54, 1.807) is 18.2 Å². The Morgan fingerprint density at radius 2 is 2.09 bits per heavy atom. The number of fused-ring (bicyclic) bond motifs is 1. The van der Waals surface area contributed by atoms with Crippen molar-refractivity contribution in [3.8, 4) is 22.8 Å². The zero-order chi connectivity index (χ0) is 24.3. The Bertz CT molecular complexity index is 1290. The molecule has 176 valence electrons. The maximum absolute atomic E-state index is 13.1. The van der Waals surface area contributed by atoms with Crippen LogP contribution >= 0.6 is 0 Å². The number of alkyl halides is 3. The first-order chi connectivity index (χ1) is 16.2. The summed E-state index contributed by atoms with van der Waals surface area (Å²) in [6.07, 6.45) is 0.385. The van der Waals surface area contributed by atoms with Crippen molar-refractivity contribution in [2.45, 2.75) is 19.6 Å². The number of allylic oxidation sites excluding steroid dienone is 2. The SMILES string of the molecule is C=CN=C/C(Cn1cc(NC(=O)c2cc(-c3ccc4c(c3)OCO4)on2)cn1)=C(\C)C(F)(F)F. The maximum Gasteiger partial charge on any atom is 0.412 e. The Morgan fingerprint density at radius 1 is 1.29 bits per heavy atom. The van der Waals surface area contributed by atoms with Crippen LogP contribution in [0.15, 0.2) is 70.1 Å². The summed E-state index contributed by atoms with van der Waals surface area (Å²) < 4.78 is 56.5. The van der Waals surface area contributed by atoms with Crippen molar-refractivity contribution in [3.05, 3.63) is 66.3 Å². The van der Waals surface area contributed by atoms with Gasteiger partial charge in [-0.3, -0.25) is 14.5 Å². The Hall–Kier alpha value is -4.35. The number of nitrogens with one attached hydrogen (secondary N) is 1. The molecule has 1 aromatic carbocycles. The van der Waals surface area contributed by atoms with Gasteiger partial charge in [-0.2, -0.15) is 18.3 Å². The second-order valence-electron chi connectivity index (χ2n) is 7.13. The van der Waals surface area contributed by atoms with Gasteiger partial charge in [0.2, 0.25) is 6.79 Å². The molecule has 0 spiro atoms. The first-order valence-corrected chi connectivity index (χ1v) is 9.86. The molecule has 0 saturated heterocycles. The third-order valence-corrected chi connectivity index (χ3v) is 4.87. The molecule has 34 heavy (non-hydrogen) atoms. The summed E-state index contributed by atoms with van der Waals surface area (Å²) in [6, 6.07) is 6.62. The lowest BCUT2D eigenvalue weighted by Crippen LogP contribution is -2.15. The fourth-order valence-corrected chi connectivity index (χ4v) is 3.03. The predicted octanol–water partition coefficient (Wildman–Crippen LogP) is 4.61. The van der Waals surface area contributed by atoms with Crippen LogP contribution < -0.4 is 14.8 Å². The minimum atomic E-state index is -4.52. The highest BCUT2D eigenvalue weighted by Gasteiger charge is 2.32. The number of rotatable bonds is 7. The largest absolute Gasteiger partial charge is 0.454 e. The molecule has 0 aliphatic carbocycles. The van der Waals surface area contributed by atoms with Gasteiger partial charge in [0.1, 0.15) is 0 Å². The van der Waals surface area contributed by atoms with Crippen LogP contribution in [0.2, 0.25) is 0 Å². The van der Waals surface area contributed by atoms with Crippen molar-refractivity contribution in [1.29, 1.82) is 0 Å². The highest BCUT2D eigenvalue weighted by atomic mass is 19.4. The molecule has 0 fully saturated rings. The average Bonchev–Trinajstić information content (AvgIpc) is 3.55. The number of aliphatic imine (C=N–C) groups is 1. The van der Waals surface area contributed by atoms with E-state index in [9.17, 15) is 18.0 Å². The molecule has 2 aromatic heterocycles. The number of anilines is 1. The number of aromatic nitrogens is 3. The number of ether oxygens (including phenoxy) is 2. The van der Waals surface area contributed by atoms with Crippen LogP contribution in [-0.4, -0.2) is 40.0 Å². The maximum atomic E-state index is 13.1. The average molecular weight is 473 g/mol. The predicted molar refractivity (Wildman–Crippen MR) is 116 cm³/mol. The Balaban J connectivity index is 1.45. The minimum Gasteiger partial charge on any atom is -0.454 e. The van der Waals surface area contributed by atoms with E-state index in [0.717, 1.165) is 19.3 Å². The first kappa shape index (κ1) is 22.8. The standard InChI is InChI=1S/C22H18F3N5O4/c1-3-26-8-15(13(2)22(23,24)25)10-30-11-16(9-27-30)28-21(31)17-7-19(34-29-17)14-4-5-18-20(6-14)33-12-32-18/h3-9,11H,1,10,12H2,2H3,(H,28,31)/b15-13-,26-8?. The zero-order valence-electron chi connectivity index (χ0n) is 17.8. The van der Waals surface area contributed by atoms with Crippen molar-refractivity contribution in [1.82, 2.24) is 14.9 Å². The first-order valence-electron chi connectivity index (χ1n) is 9.86. The van der Waals surface area contributed by atoms with Gasteiger partial charge >= 0.3 is 6.18 Å². The lowest BCUT2D eigenvalue weighted by atomic mass is 10.1. The van der Waals surface area contributed by atoms with Gasteiger partial charge in [0.05, 0.1) is 18.4 Å². The van der Waals surface area contributed by atoms with Gasteiger partial charge in [0.15, 0.2) is 23.0 Å². The zero-order valence-corrected chi connectivity index (χ0v) is 17.8. The number of hydrogen-bond donors (Lipinski definition) is 1. The van der Waals surface area contributed by atoms with Gasteiger partial charge in [-0.05, 0) is 30.7 Å². The number of halogens is 3. The van der Waals surface area contributed by atoms with Crippen molar-refractivity contribution >= 4 is 17.8 Å². The molecular weight excluding hydrogens is 455 g/mol. The van der Waals surface area contributed by atoms with Gasteiger partial charge in [-0.25, -0.2) is 0 Å². The van der Waals surface area contributed by atoms with Crippen LogP contribution in [0.5, 0.6) is 11.5 Å². The van der Waals surface area contributed by atoms with Crippen LogP contribution in [0.1, 0.15) is 17.4 Å². The highest BCUT2D eigenvalue weighted by Crippen LogP contribution is 2.36. The van der Waals surface area contributed by atoms with E-state index in [1.165, 1.54) is 23.1 Å². The third kappa shape index (κ3) is 5.00. The molecule has 3 heterocycles. The normalized spacial score (nSPS) is 13.8. The minimum absolute atomic E-state index is 0.00651. The number of amides is 1. The van der Waals surface area contributed by atoms with Crippen LogP contribution in [0, 0.1) is 0 Å². The van der Waals surface area contributed by atoms with Gasteiger partial charge in [-0.15, -0.1) is 0 Å². The Morgan fingerprint density at radius 3 is 2.85 bits per heavy atom. The number of nitrogens with zero attached hydrogens (tertiary/aromatic N) is 4. The van der Waals surface area contributed by atoms with Gasteiger partial charge in [0, 0.05) is 35.8 Å². The quantitative estimate of drug-likeness (QED) is 0.503. The van der Waals surface area contributed by atoms with Crippen molar-refractivity contribution in [3.63, 3.8) is 0 Å². The molecule has 1 N–H and O–H groups in total. The number of hydrogen-bond acceptors (Lipinski definition) is 7. The second kappa shape index (κ2) is 9.25. The Kier molecular flexibility index (Phi) is 6.21. The molecule has 0 unspecified atom stereocenters. The van der Waals surface area contributed by atoms with Crippen LogP contribution in [0.25, 0.3) is 11.3 Å². The van der Waals surface area contributed by atoms with Gasteiger partial charge < -0.3 is 19.3 Å². The van der Waals surface area contributed by atoms with E-state index in [4.69, 9.17) is 14.0 Å². The lowest BCUT2D eigenvalue weighted by Gasteiger charge is -2.11. The molecule has 0 radical (unpaired) electrons. The van der Waals surface area contributed by atoms with E-state index >= 15 is 0 Å². The molecule has 1 aliphatic rings. The smallest absolute Gasteiger partial charge is 0.412 e. The molecule has 0 saturated carbocycles. The molecule has 1 aliphatic heterocycles. The van der Waals surface area contributed by atoms with Gasteiger partial charge in [-0.1, -0.05) is 11.7 Å². The topological polar surface area (TPSA) is 104 Å². The fourth-order valence-electron chi connectivity index (χ4n) is 3.03. The Labute approximate surface area is 191 Å². The van der Waals surface area contributed by atoms with Crippen LogP contribution in [-0.2, 0) is 6.54 Å². The summed E-state index contributed by atoms with van der Waals surface area (Å²) in [6.45, 7) is 4.24. The van der Waals surface area contributed by atoms with E-state index in [0.29, 0.717) is 22.8 Å². The number of carbonyl (C=O) groups is 1. The molecule has 1 amide bonds. The number of carbonyl (C=O) groups excluding carboxylic acids is 1. The van der Waals surface area contributed by atoms with Gasteiger partial charge in [0.25, 0.3) is 5.91 Å². The van der Waals surface area contributed by atoms with Crippen molar-refractivity contribution in [2.75, 3.05) is 12.1 Å². The van der Waals surface area contributed by atoms with Crippen molar-refractivity contribution < 1.29 is 32.0 Å². The summed E-state index contributed by atoms with van der Waals surface area (Å²) in [5, 5.41) is 10.4. The summed E-state index contributed by atoms with van der Waals surface area (Å²) in [7, 11) is 0. The summed E-state index contributed by atoms with van der Waals surface area (Å²) >= 11 is 0. The fraction of sp³-hybridized carbons (Fsp3) is 0.182. The highest BCUT2D eigenvalue weighted by molar-refractivity contribution is 6.03. The molecule has 3 aromatic rings. The van der Waals surface area contributed by atoms with E-state index < -0.39 is 17.7 Å². The summed E-state index contributed by atoms with van der Waals surface area (Å²) in [5.41, 5.74) is 0.00886. The summed E-state index contributed by atoms with van der Waals surface area (Å²) in [4.78, 5) is 16.2. The molecule has 0 bridgehead atoms. The van der Waals surface area contributed by atoms with Crippen molar-refractivity contribution in [2.24, 2.45) is 4.99 Å². The second-order valence-corrected chi connectivity index (χ2v) is 7.13. The lowest BCUT2D eigenvalue weighted by molar-refractivity contribution is -0.0919. The summed E-state index contributed by atoms with van der Waals surface area (Å²) in [5.74, 6) is 0.931. The molecule has 9 nitrogen and oxygen atoms in total. The monoisotopic (exact) mass is 473 g/mol. The third-order valence-electron chi connectivity index (χ3n) is 4.87. The van der Waals surface area contributed by atoms with Crippen LogP contribution in [0.3, 0.4) is 0 Å². The molecule has 4 rings (SSSR count). The van der Waals surface area contributed by atoms with E-state index in [2.05, 4.69) is 27.1 Å². The van der Waals surface area contributed by atoms with E-state index in [-0.39, 0.29) is 30.3 Å².